The molecular formula is C19H20N2O2. The minimum atomic E-state index is -0.225. The number of aromatic nitrogens is 1. The van der Waals surface area contributed by atoms with Gasteiger partial charge in [-0.05, 0) is 31.0 Å². The van der Waals surface area contributed by atoms with E-state index >= 15 is 0 Å². The van der Waals surface area contributed by atoms with Gasteiger partial charge in [0.15, 0.2) is 11.6 Å². The maximum atomic E-state index is 12.3. The van der Waals surface area contributed by atoms with Gasteiger partial charge in [-0.25, -0.2) is 0 Å². The molecule has 0 aliphatic rings. The summed E-state index contributed by atoms with van der Waals surface area (Å²) in [6, 6.07) is 15.4. The van der Waals surface area contributed by atoms with Crippen molar-refractivity contribution in [3.05, 3.63) is 77.8 Å². The maximum Gasteiger partial charge on any atom is 0.168 e. The van der Waals surface area contributed by atoms with E-state index in [1.807, 2.05) is 48.5 Å². The second-order valence-electron chi connectivity index (χ2n) is 5.22. The zero-order valence-corrected chi connectivity index (χ0v) is 13.2. The van der Waals surface area contributed by atoms with Crippen LogP contribution in [-0.2, 0) is 22.6 Å². The number of nitrogens with one attached hydrogen (secondary N) is 1. The Morgan fingerprint density at radius 2 is 1.83 bits per heavy atom. The first-order chi connectivity index (χ1) is 11.2. The molecule has 0 radical (unpaired) electrons. The Labute approximate surface area is 136 Å². The number of hydrogen-bond acceptors (Lipinski definition) is 4. The summed E-state index contributed by atoms with van der Waals surface area (Å²) in [6.45, 7) is 1.89. The number of hydrogen-bond donors (Lipinski definition) is 1. The Bertz CT molecular complexity index is 679. The number of carbonyl (C=O) groups is 2. The Morgan fingerprint density at radius 1 is 1.09 bits per heavy atom. The average molecular weight is 308 g/mol. The van der Waals surface area contributed by atoms with Gasteiger partial charge in [-0.2, -0.15) is 0 Å². The smallest absolute Gasteiger partial charge is 0.168 e. The lowest BCUT2D eigenvalue weighted by Gasteiger charge is -2.06. The Morgan fingerprint density at radius 3 is 2.48 bits per heavy atom. The summed E-state index contributed by atoms with van der Waals surface area (Å²) in [5, 5.41) is 3.00. The van der Waals surface area contributed by atoms with Crippen LogP contribution in [0.4, 0.5) is 0 Å². The molecule has 118 valence electrons. The molecule has 0 saturated heterocycles. The molecule has 2 aromatic rings. The molecular weight excluding hydrogens is 288 g/mol. The molecule has 0 spiro atoms. The molecule has 0 atom stereocenters. The first-order valence-electron chi connectivity index (χ1n) is 7.58. The second-order valence-corrected chi connectivity index (χ2v) is 5.22. The van der Waals surface area contributed by atoms with E-state index in [4.69, 9.17) is 0 Å². The molecule has 1 heterocycles. The van der Waals surface area contributed by atoms with E-state index < -0.39 is 0 Å². The lowest BCUT2D eigenvalue weighted by Crippen LogP contribution is -2.16. The fourth-order valence-electron chi connectivity index (χ4n) is 2.18. The number of aryl methyl sites for hydroxylation is 1. The highest BCUT2D eigenvalue weighted by Gasteiger charge is 2.14. The average Bonchev–Trinajstić information content (AvgIpc) is 2.58. The van der Waals surface area contributed by atoms with Crippen molar-refractivity contribution >= 4 is 11.6 Å². The van der Waals surface area contributed by atoms with Crippen LogP contribution < -0.4 is 5.32 Å². The molecule has 0 bridgehead atoms. The van der Waals surface area contributed by atoms with Crippen molar-refractivity contribution in [2.75, 3.05) is 0 Å². The normalized spacial score (nSPS) is 11.1. The van der Waals surface area contributed by atoms with Gasteiger partial charge in [0.05, 0.1) is 17.8 Å². The summed E-state index contributed by atoms with van der Waals surface area (Å²) >= 11 is 0. The van der Waals surface area contributed by atoms with Gasteiger partial charge in [0.25, 0.3) is 0 Å². The number of nitrogens with zero attached hydrogens (tertiary/aromatic N) is 1. The Balaban J connectivity index is 1.92. The zero-order valence-electron chi connectivity index (χ0n) is 13.2. The molecule has 0 saturated carbocycles. The summed E-state index contributed by atoms with van der Waals surface area (Å²) in [4.78, 5) is 28.1. The molecule has 1 aromatic heterocycles. The first kappa shape index (κ1) is 16.6. The van der Waals surface area contributed by atoms with Crippen LogP contribution in [-0.4, -0.2) is 16.6 Å². The number of allylic oxidation sites excluding steroid dienone is 1. The van der Waals surface area contributed by atoms with Crippen LogP contribution >= 0.6 is 0 Å². The van der Waals surface area contributed by atoms with Crippen molar-refractivity contribution in [3.63, 3.8) is 0 Å². The van der Waals surface area contributed by atoms with Gasteiger partial charge in [-0.1, -0.05) is 36.4 Å². The van der Waals surface area contributed by atoms with E-state index in [1.54, 1.807) is 6.20 Å². The highest BCUT2D eigenvalue weighted by atomic mass is 16.1. The number of Topliss-reactive ketones (excluding diaryl/α,β-unsaturated/α-hetero) is 2. The first-order valence-corrected chi connectivity index (χ1v) is 7.58. The predicted octanol–water partition coefficient (Wildman–Crippen LogP) is 2.85. The summed E-state index contributed by atoms with van der Waals surface area (Å²) in [5.74, 6) is -0.369. The van der Waals surface area contributed by atoms with Gasteiger partial charge in [0.2, 0.25) is 0 Å². The van der Waals surface area contributed by atoms with Crippen LogP contribution in [0, 0.1) is 0 Å². The van der Waals surface area contributed by atoms with Crippen LogP contribution in [0.1, 0.15) is 24.6 Å². The van der Waals surface area contributed by atoms with Crippen LogP contribution in [0.15, 0.2) is 66.5 Å². The topological polar surface area (TPSA) is 59.1 Å². The van der Waals surface area contributed by atoms with Gasteiger partial charge in [-0.3, -0.25) is 14.6 Å². The molecule has 0 unspecified atom stereocenters. The maximum absolute atomic E-state index is 12.3. The molecule has 0 amide bonds. The lowest BCUT2D eigenvalue weighted by atomic mass is 10.0. The van der Waals surface area contributed by atoms with E-state index in [-0.39, 0.29) is 17.1 Å². The highest BCUT2D eigenvalue weighted by molar-refractivity contribution is 6.19. The van der Waals surface area contributed by atoms with Crippen LogP contribution in [0.2, 0.25) is 0 Å². The number of ketones is 2. The molecule has 23 heavy (non-hydrogen) atoms. The quantitative estimate of drug-likeness (QED) is 0.463. The standard InChI is InChI=1S/C19H20N2O2/c1-15(22)18(14-20-13-17-9-5-6-12-21-17)19(23)11-10-16-7-3-2-4-8-16/h2-9,12,14,20H,10-11,13H2,1H3/b18-14-. The Hall–Kier alpha value is -2.75. The SMILES string of the molecule is CC(=O)/C(=C/NCc1ccccn1)C(=O)CCc1ccccc1. The minimum Gasteiger partial charge on any atom is -0.385 e. The Kier molecular flexibility index (Phi) is 6.24. The number of rotatable bonds is 8. The van der Waals surface area contributed by atoms with E-state index in [0.717, 1.165) is 11.3 Å². The molecule has 0 aliphatic carbocycles. The largest absolute Gasteiger partial charge is 0.385 e. The molecule has 4 nitrogen and oxygen atoms in total. The van der Waals surface area contributed by atoms with Crippen molar-refractivity contribution < 1.29 is 9.59 Å². The van der Waals surface area contributed by atoms with Gasteiger partial charge in [0, 0.05) is 18.8 Å². The van der Waals surface area contributed by atoms with Gasteiger partial charge in [0.1, 0.15) is 0 Å². The van der Waals surface area contributed by atoms with Crippen molar-refractivity contribution in [1.29, 1.82) is 0 Å². The molecule has 4 heteroatoms. The van der Waals surface area contributed by atoms with E-state index in [1.165, 1.54) is 13.1 Å². The fourth-order valence-corrected chi connectivity index (χ4v) is 2.18. The van der Waals surface area contributed by atoms with Gasteiger partial charge >= 0.3 is 0 Å². The highest BCUT2D eigenvalue weighted by Crippen LogP contribution is 2.08. The van der Waals surface area contributed by atoms with E-state index in [9.17, 15) is 9.59 Å². The third kappa shape index (κ3) is 5.51. The summed E-state index contributed by atoms with van der Waals surface area (Å²) < 4.78 is 0. The molecule has 0 aliphatic heterocycles. The van der Waals surface area contributed by atoms with Crippen molar-refractivity contribution in [2.45, 2.75) is 26.3 Å². The fraction of sp³-hybridized carbons (Fsp3) is 0.211. The zero-order chi connectivity index (χ0) is 16.5. The molecule has 2 rings (SSSR count). The number of benzene rings is 1. The van der Waals surface area contributed by atoms with E-state index in [0.29, 0.717) is 19.4 Å². The van der Waals surface area contributed by atoms with Crippen molar-refractivity contribution in [3.8, 4) is 0 Å². The monoisotopic (exact) mass is 308 g/mol. The van der Waals surface area contributed by atoms with Crippen LogP contribution in [0.25, 0.3) is 0 Å². The molecule has 0 fully saturated rings. The van der Waals surface area contributed by atoms with Crippen LogP contribution in [0.3, 0.4) is 0 Å². The third-order valence-electron chi connectivity index (χ3n) is 3.42. The summed E-state index contributed by atoms with van der Waals surface area (Å²) in [6.07, 6.45) is 4.16. The third-order valence-corrected chi connectivity index (χ3v) is 3.42. The number of carbonyl (C=O) groups excluding carboxylic acids is 2. The minimum absolute atomic E-state index is 0.144. The summed E-state index contributed by atoms with van der Waals surface area (Å²) in [7, 11) is 0. The summed E-state index contributed by atoms with van der Waals surface area (Å²) in [5.41, 5.74) is 2.14. The number of pyridine rings is 1. The van der Waals surface area contributed by atoms with Crippen molar-refractivity contribution in [2.24, 2.45) is 0 Å². The molecule has 1 N–H and O–H groups in total. The van der Waals surface area contributed by atoms with Crippen LogP contribution in [0.5, 0.6) is 0 Å². The second kappa shape index (κ2) is 8.63. The van der Waals surface area contributed by atoms with Gasteiger partial charge < -0.3 is 5.32 Å². The van der Waals surface area contributed by atoms with E-state index in [2.05, 4.69) is 10.3 Å². The lowest BCUT2D eigenvalue weighted by molar-refractivity contribution is -0.120. The van der Waals surface area contributed by atoms with Crippen molar-refractivity contribution in [1.82, 2.24) is 10.3 Å². The molecule has 1 aromatic carbocycles. The van der Waals surface area contributed by atoms with Gasteiger partial charge in [-0.15, -0.1) is 0 Å². The predicted molar refractivity (Wildman–Crippen MR) is 89.6 cm³/mol.